The molecule has 25 heavy (non-hydrogen) atoms. The Morgan fingerprint density at radius 3 is 2.68 bits per heavy atom. The monoisotopic (exact) mass is 346 g/mol. The van der Waals surface area contributed by atoms with Crippen molar-refractivity contribution >= 4 is 11.6 Å². The van der Waals surface area contributed by atoms with Gasteiger partial charge in [0.1, 0.15) is 11.6 Å². The largest absolute Gasteiger partial charge is 0.491 e. The van der Waals surface area contributed by atoms with Gasteiger partial charge in [0, 0.05) is 12.2 Å². The molecule has 0 aliphatic carbocycles. The minimum absolute atomic E-state index is 0.00727. The van der Waals surface area contributed by atoms with Crippen LogP contribution in [0.5, 0.6) is 5.75 Å². The van der Waals surface area contributed by atoms with E-state index in [4.69, 9.17) is 4.74 Å². The highest BCUT2D eigenvalue weighted by Crippen LogP contribution is 2.20. The van der Waals surface area contributed by atoms with Gasteiger partial charge in [0.25, 0.3) is 0 Å². The number of aliphatic hydroxyl groups is 1. The summed E-state index contributed by atoms with van der Waals surface area (Å²) >= 11 is 0. The van der Waals surface area contributed by atoms with Crippen LogP contribution in [0.4, 0.5) is 10.1 Å². The molecule has 5 nitrogen and oxygen atoms in total. The van der Waals surface area contributed by atoms with E-state index in [0.717, 1.165) is 0 Å². The summed E-state index contributed by atoms with van der Waals surface area (Å²) < 4.78 is 18.6. The number of hydrogen-bond donors (Lipinski definition) is 3. The zero-order valence-electron chi connectivity index (χ0n) is 14.3. The fourth-order valence-corrected chi connectivity index (χ4v) is 2.24. The second-order valence-corrected chi connectivity index (χ2v) is 5.92. The molecule has 0 aliphatic heterocycles. The fourth-order valence-electron chi connectivity index (χ4n) is 2.24. The zero-order chi connectivity index (χ0) is 18.2. The Hall–Kier alpha value is -2.60. The molecule has 0 saturated carbocycles. The molecular formula is C19H23FN2O3. The van der Waals surface area contributed by atoms with Gasteiger partial charge in [-0.05, 0) is 49.7 Å². The molecule has 0 aromatic heterocycles. The van der Waals surface area contributed by atoms with Crippen molar-refractivity contribution in [1.82, 2.24) is 5.32 Å². The van der Waals surface area contributed by atoms with E-state index >= 15 is 0 Å². The van der Waals surface area contributed by atoms with E-state index in [2.05, 4.69) is 10.6 Å². The van der Waals surface area contributed by atoms with Gasteiger partial charge in [0.05, 0.1) is 18.8 Å². The van der Waals surface area contributed by atoms with Crippen molar-refractivity contribution in [2.75, 3.05) is 18.4 Å². The smallest absolute Gasteiger partial charge is 0.239 e. The highest BCUT2D eigenvalue weighted by atomic mass is 19.1. The molecule has 0 fully saturated rings. The summed E-state index contributed by atoms with van der Waals surface area (Å²) in [5.74, 6) is 0.00729. The third kappa shape index (κ3) is 6.43. The first-order chi connectivity index (χ1) is 11.9. The lowest BCUT2D eigenvalue weighted by atomic mass is 10.1. The number of halogens is 1. The van der Waals surface area contributed by atoms with Crippen LogP contribution >= 0.6 is 0 Å². The number of nitrogens with one attached hydrogen (secondary N) is 2. The molecule has 3 N–H and O–H groups in total. The van der Waals surface area contributed by atoms with Gasteiger partial charge in [-0.3, -0.25) is 4.79 Å². The molecule has 1 amide bonds. The van der Waals surface area contributed by atoms with E-state index in [9.17, 15) is 14.3 Å². The van der Waals surface area contributed by atoms with Gasteiger partial charge in [-0.1, -0.05) is 18.2 Å². The fraction of sp³-hybridized carbons (Fsp3) is 0.316. The number of ether oxygens (including phenoxy) is 1. The SMILES string of the molecule is CC(C)Oc1cccc([C@H](O)CNC(=O)CNc2cccc(F)c2)c1. The maximum Gasteiger partial charge on any atom is 0.239 e. The Kier molecular flexibility index (Phi) is 6.77. The molecular weight excluding hydrogens is 323 g/mol. The quantitative estimate of drug-likeness (QED) is 0.687. The lowest BCUT2D eigenvalue weighted by molar-refractivity contribution is -0.119. The topological polar surface area (TPSA) is 70.6 Å². The minimum atomic E-state index is -0.839. The number of hydrogen-bond acceptors (Lipinski definition) is 4. The van der Waals surface area contributed by atoms with Crippen LogP contribution in [-0.4, -0.2) is 30.2 Å². The van der Waals surface area contributed by atoms with Gasteiger partial charge < -0.3 is 20.5 Å². The second-order valence-electron chi connectivity index (χ2n) is 5.92. The van der Waals surface area contributed by atoms with Gasteiger partial charge in [-0.25, -0.2) is 4.39 Å². The normalized spacial score (nSPS) is 11.9. The first-order valence-electron chi connectivity index (χ1n) is 8.15. The van der Waals surface area contributed by atoms with E-state index in [0.29, 0.717) is 17.0 Å². The number of aliphatic hydroxyl groups excluding tert-OH is 1. The molecule has 0 spiro atoms. The van der Waals surface area contributed by atoms with Crippen LogP contribution < -0.4 is 15.4 Å². The Balaban J connectivity index is 1.80. The number of amides is 1. The first-order valence-corrected chi connectivity index (χ1v) is 8.15. The average molecular weight is 346 g/mol. The summed E-state index contributed by atoms with van der Waals surface area (Å²) in [5.41, 5.74) is 1.19. The van der Waals surface area contributed by atoms with Crippen LogP contribution in [0.1, 0.15) is 25.5 Å². The van der Waals surface area contributed by atoms with Crippen molar-refractivity contribution in [2.45, 2.75) is 26.1 Å². The first kappa shape index (κ1) is 18.7. The van der Waals surface area contributed by atoms with Crippen molar-refractivity contribution in [2.24, 2.45) is 0 Å². The predicted octanol–water partition coefficient (Wildman–Crippen LogP) is 2.87. The number of benzene rings is 2. The third-order valence-corrected chi connectivity index (χ3v) is 3.38. The van der Waals surface area contributed by atoms with E-state index < -0.39 is 6.10 Å². The summed E-state index contributed by atoms with van der Waals surface area (Å²) in [6.45, 7) is 3.92. The van der Waals surface area contributed by atoms with Crippen molar-refractivity contribution in [3.05, 3.63) is 59.9 Å². The highest BCUT2D eigenvalue weighted by molar-refractivity contribution is 5.80. The van der Waals surface area contributed by atoms with E-state index in [1.54, 1.807) is 30.3 Å². The van der Waals surface area contributed by atoms with Crippen LogP contribution in [0.15, 0.2) is 48.5 Å². The van der Waals surface area contributed by atoms with E-state index in [-0.39, 0.29) is 30.9 Å². The summed E-state index contributed by atoms with van der Waals surface area (Å²) in [6, 6.07) is 13.0. The Labute approximate surface area is 146 Å². The van der Waals surface area contributed by atoms with Gasteiger partial charge in [0.15, 0.2) is 0 Å². The molecule has 0 aliphatic rings. The lowest BCUT2D eigenvalue weighted by Crippen LogP contribution is -2.33. The molecule has 2 aromatic carbocycles. The standard InChI is InChI=1S/C19H23FN2O3/c1-13(2)25-17-8-3-5-14(9-17)18(23)11-22-19(24)12-21-16-7-4-6-15(20)10-16/h3-10,13,18,21,23H,11-12H2,1-2H3,(H,22,24)/t18-/m1/s1. The molecule has 6 heteroatoms. The Morgan fingerprint density at radius 2 is 1.96 bits per heavy atom. The van der Waals surface area contributed by atoms with Crippen molar-refractivity contribution in [1.29, 1.82) is 0 Å². The molecule has 0 bridgehead atoms. The molecule has 0 unspecified atom stereocenters. The number of carbonyl (C=O) groups excluding carboxylic acids is 1. The van der Waals surface area contributed by atoms with Crippen molar-refractivity contribution in [3.8, 4) is 5.75 Å². The summed E-state index contributed by atoms with van der Waals surface area (Å²) in [6.07, 6.45) is -0.796. The second kappa shape index (κ2) is 9.03. The Morgan fingerprint density at radius 1 is 1.20 bits per heavy atom. The summed E-state index contributed by atoms with van der Waals surface area (Å²) in [7, 11) is 0. The predicted molar refractivity (Wildman–Crippen MR) is 95.1 cm³/mol. The number of carbonyl (C=O) groups is 1. The molecule has 1 atom stereocenters. The summed E-state index contributed by atoms with van der Waals surface area (Å²) in [5, 5.41) is 15.7. The van der Waals surface area contributed by atoms with Gasteiger partial charge in [0.2, 0.25) is 5.91 Å². The maximum atomic E-state index is 13.1. The van der Waals surface area contributed by atoms with Crippen molar-refractivity contribution in [3.63, 3.8) is 0 Å². The molecule has 0 radical (unpaired) electrons. The lowest BCUT2D eigenvalue weighted by Gasteiger charge is -2.15. The number of anilines is 1. The molecule has 2 rings (SSSR count). The number of rotatable bonds is 8. The molecule has 134 valence electrons. The van der Waals surface area contributed by atoms with Crippen LogP contribution in [0.25, 0.3) is 0 Å². The Bertz CT molecular complexity index is 707. The maximum absolute atomic E-state index is 13.1. The van der Waals surface area contributed by atoms with E-state index in [1.807, 2.05) is 19.9 Å². The summed E-state index contributed by atoms with van der Waals surface area (Å²) in [4.78, 5) is 11.8. The minimum Gasteiger partial charge on any atom is -0.491 e. The van der Waals surface area contributed by atoms with Crippen LogP contribution in [0.2, 0.25) is 0 Å². The van der Waals surface area contributed by atoms with Gasteiger partial charge >= 0.3 is 0 Å². The zero-order valence-corrected chi connectivity index (χ0v) is 14.3. The molecule has 0 saturated heterocycles. The third-order valence-electron chi connectivity index (χ3n) is 3.38. The van der Waals surface area contributed by atoms with Gasteiger partial charge in [-0.2, -0.15) is 0 Å². The van der Waals surface area contributed by atoms with E-state index in [1.165, 1.54) is 12.1 Å². The molecule has 0 heterocycles. The highest BCUT2D eigenvalue weighted by Gasteiger charge is 2.11. The van der Waals surface area contributed by atoms with Crippen molar-refractivity contribution < 1.29 is 19.0 Å². The van der Waals surface area contributed by atoms with Crippen LogP contribution in [0.3, 0.4) is 0 Å². The van der Waals surface area contributed by atoms with Crippen LogP contribution in [0, 0.1) is 5.82 Å². The average Bonchev–Trinajstić information content (AvgIpc) is 2.57. The van der Waals surface area contributed by atoms with Crippen LogP contribution in [-0.2, 0) is 4.79 Å². The van der Waals surface area contributed by atoms with Gasteiger partial charge in [-0.15, -0.1) is 0 Å². The molecule has 2 aromatic rings.